The Morgan fingerprint density at radius 2 is 2.00 bits per heavy atom. The van der Waals surface area contributed by atoms with E-state index in [2.05, 4.69) is 21.2 Å². The predicted molar refractivity (Wildman–Crippen MR) is 74.0 cm³/mol. The molecule has 0 atom stereocenters. The zero-order valence-corrected chi connectivity index (χ0v) is 11.4. The fourth-order valence-corrected chi connectivity index (χ4v) is 2.78. The summed E-state index contributed by atoms with van der Waals surface area (Å²) in [5.41, 5.74) is 1.99. The fraction of sp³-hybridized carbons (Fsp3) is 0.0833. The molecule has 0 saturated carbocycles. The van der Waals surface area contributed by atoms with E-state index >= 15 is 0 Å². The molecule has 0 aliphatic rings. The summed E-state index contributed by atoms with van der Waals surface area (Å²) in [6, 6.07) is 7.60. The van der Waals surface area contributed by atoms with Crippen LogP contribution in [0.3, 0.4) is 0 Å². The van der Waals surface area contributed by atoms with Crippen molar-refractivity contribution in [2.24, 2.45) is 0 Å². The molecule has 2 N–H and O–H groups in total. The van der Waals surface area contributed by atoms with Crippen molar-refractivity contribution < 1.29 is 9.90 Å². The molecule has 88 valence electrons. The Labute approximate surface area is 111 Å². The van der Waals surface area contributed by atoms with Crippen LogP contribution in [0.5, 0.6) is 0 Å². The normalized spacial score (nSPS) is 10.2. The molecular formula is C12H10BrNO2S. The predicted octanol–water partition coefficient (Wildman–Crippen LogP) is 3.92. The summed E-state index contributed by atoms with van der Waals surface area (Å²) >= 11 is 4.76. The van der Waals surface area contributed by atoms with Gasteiger partial charge in [0.2, 0.25) is 0 Å². The number of carboxylic acid groups (broad SMARTS) is 1. The highest BCUT2D eigenvalue weighted by Gasteiger charge is 2.18. The first kappa shape index (κ1) is 12.1. The number of rotatable bonds is 3. The van der Waals surface area contributed by atoms with Crippen LogP contribution in [0.1, 0.15) is 10.4 Å². The lowest BCUT2D eigenvalue weighted by atomic mass is 10.0. The van der Waals surface area contributed by atoms with Gasteiger partial charge in [-0.25, -0.2) is 4.79 Å². The summed E-state index contributed by atoms with van der Waals surface area (Å²) in [5, 5.41) is 14.7. The van der Waals surface area contributed by atoms with Crippen LogP contribution in [-0.4, -0.2) is 18.1 Å². The summed E-state index contributed by atoms with van der Waals surface area (Å²) in [4.78, 5) is 11.3. The maximum absolute atomic E-state index is 11.3. The summed E-state index contributed by atoms with van der Waals surface area (Å²) < 4.78 is 0.974. The average molecular weight is 312 g/mol. The van der Waals surface area contributed by atoms with Crippen LogP contribution in [0, 0.1) is 0 Å². The number of aromatic carboxylic acids is 1. The Hall–Kier alpha value is -1.33. The van der Waals surface area contributed by atoms with E-state index in [-0.39, 0.29) is 0 Å². The Morgan fingerprint density at radius 1 is 1.35 bits per heavy atom. The van der Waals surface area contributed by atoms with Crippen molar-refractivity contribution in [1.29, 1.82) is 0 Å². The summed E-state index contributed by atoms with van der Waals surface area (Å²) in [7, 11) is 1.73. The molecule has 1 aromatic carbocycles. The van der Waals surface area contributed by atoms with E-state index in [0.29, 0.717) is 10.6 Å². The fourth-order valence-electron chi connectivity index (χ4n) is 1.60. The smallest absolute Gasteiger partial charge is 0.339 e. The number of hydrogen-bond acceptors (Lipinski definition) is 3. The summed E-state index contributed by atoms with van der Waals surface area (Å²) in [5.74, 6) is -0.909. The van der Waals surface area contributed by atoms with Gasteiger partial charge >= 0.3 is 5.97 Å². The van der Waals surface area contributed by atoms with E-state index < -0.39 is 5.97 Å². The van der Waals surface area contributed by atoms with Gasteiger partial charge in [0, 0.05) is 22.5 Å². The standard InChI is InChI=1S/C12H10BrNO2S/c1-14-11-10(12(15)16)9(6-17-11)7-2-4-8(13)5-3-7/h2-6,14H,1H3,(H,15,16). The molecule has 0 unspecified atom stereocenters. The number of thiophene rings is 1. The molecule has 2 aromatic rings. The zero-order chi connectivity index (χ0) is 12.4. The van der Waals surface area contributed by atoms with E-state index in [1.54, 1.807) is 7.05 Å². The zero-order valence-electron chi connectivity index (χ0n) is 9.03. The van der Waals surface area contributed by atoms with Crippen molar-refractivity contribution in [2.75, 3.05) is 12.4 Å². The number of carboxylic acids is 1. The van der Waals surface area contributed by atoms with Gasteiger partial charge in [0.1, 0.15) is 10.6 Å². The van der Waals surface area contributed by atoms with Gasteiger partial charge in [-0.15, -0.1) is 11.3 Å². The molecule has 0 saturated heterocycles. The first-order valence-electron chi connectivity index (χ1n) is 4.92. The van der Waals surface area contributed by atoms with Crippen molar-refractivity contribution in [1.82, 2.24) is 0 Å². The second-order valence-electron chi connectivity index (χ2n) is 3.42. The molecular weight excluding hydrogens is 302 g/mol. The molecule has 1 aromatic heterocycles. The van der Waals surface area contributed by atoms with Gasteiger partial charge < -0.3 is 10.4 Å². The molecule has 0 aliphatic heterocycles. The average Bonchev–Trinajstić information content (AvgIpc) is 2.73. The number of halogens is 1. The quantitative estimate of drug-likeness (QED) is 0.903. The maximum Gasteiger partial charge on any atom is 0.339 e. The van der Waals surface area contributed by atoms with Crippen molar-refractivity contribution in [3.8, 4) is 11.1 Å². The Kier molecular flexibility index (Phi) is 3.49. The van der Waals surface area contributed by atoms with Crippen LogP contribution in [0.2, 0.25) is 0 Å². The SMILES string of the molecule is CNc1scc(-c2ccc(Br)cc2)c1C(=O)O. The minimum atomic E-state index is -0.909. The third kappa shape index (κ3) is 2.35. The number of anilines is 1. The monoisotopic (exact) mass is 311 g/mol. The maximum atomic E-state index is 11.3. The van der Waals surface area contributed by atoms with Crippen molar-refractivity contribution in [3.63, 3.8) is 0 Å². The lowest BCUT2D eigenvalue weighted by molar-refractivity contribution is 0.0699. The Bertz CT molecular complexity index is 548. The first-order valence-corrected chi connectivity index (χ1v) is 6.59. The van der Waals surface area contributed by atoms with Crippen LogP contribution < -0.4 is 5.32 Å². The third-order valence-corrected chi connectivity index (χ3v) is 3.91. The van der Waals surface area contributed by atoms with Crippen molar-refractivity contribution in [3.05, 3.63) is 39.7 Å². The molecule has 0 radical (unpaired) electrons. The largest absolute Gasteiger partial charge is 0.478 e. The lowest BCUT2D eigenvalue weighted by Crippen LogP contribution is -2.00. The highest BCUT2D eigenvalue weighted by Crippen LogP contribution is 2.35. The van der Waals surface area contributed by atoms with Crippen LogP contribution in [0.25, 0.3) is 11.1 Å². The molecule has 1 heterocycles. The minimum absolute atomic E-state index is 0.333. The summed E-state index contributed by atoms with van der Waals surface area (Å²) in [6.07, 6.45) is 0. The minimum Gasteiger partial charge on any atom is -0.478 e. The Balaban J connectivity index is 2.55. The second-order valence-corrected chi connectivity index (χ2v) is 5.21. The van der Waals surface area contributed by atoms with Gasteiger partial charge in [0.05, 0.1) is 0 Å². The number of nitrogens with one attached hydrogen (secondary N) is 1. The van der Waals surface area contributed by atoms with Crippen LogP contribution >= 0.6 is 27.3 Å². The molecule has 2 rings (SSSR count). The van der Waals surface area contributed by atoms with Gasteiger partial charge in [-0.2, -0.15) is 0 Å². The van der Waals surface area contributed by atoms with Crippen LogP contribution in [-0.2, 0) is 0 Å². The van der Waals surface area contributed by atoms with E-state index in [9.17, 15) is 9.90 Å². The van der Waals surface area contributed by atoms with Gasteiger partial charge in [0.15, 0.2) is 0 Å². The third-order valence-electron chi connectivity index (χ3n) is 2.39. The molecule has 0 bridgehead atoms. The highest BCUT2D eigenvalue weighted by atomic mass is 79.9. The molecule has 0 aliphatic carbocycles. The first-order chi connectivity index (χ1) is 8.13. The van der Waals surface area contributed by atoms with Gasteiger partial charge in [-0.05, 0) is 17.7 Å². The molecule has 0 fully saturated rings. The summed E-state index contributed by atoms with van der Waals surface area (Å²) in [6.45, 7) is 0. The van der Waals surface area contributed by atoms with Crippen molar-refractivity contribution in [2.45, 2.75) is 0 Å². The van der Waals surface area contributed by atoms with E-state index in [1.165, 1.54) is 11.3 Å². The van der Waals surface area contributed by atoms with E-state index in [1.807, 2.05) is 29.6 Å². The second kappa shape index (κ2) is 4.89. The lowest BCUT2D eigenvalue weighted by Gasteiger charge is -2.03. The van der Waals surface area contributed by atoms with Crippen LogP contribution in [0.4, 0.5) is 5.00 Å². The molecule has 17 heavy (non-hydrogen) atoms. The number of hydrogen-bond donors (Lipinski definition) is 2. The molecule has 5 heteroatoms. The molecule has 0 spiro atoms. The molecule has 3 nitrogen and oxygen atoms in total. The van der Waals surface area contributed by atoms with E-state index in [0.717, 1.165) is 15.6 Å². The van der Waals surface area contributed by atoms with E-state index in [4.69, 9.17) is 0 Å². The van der Waals surface area contributed by atoms with Crippen LogP contribution in [0.15, 0.2) is 34.1 Å². The van der Waals surface area contributed by atoms with Gasteiger partial charge in [0.25, 0.3) is 0 Å². The van der Waals surface area contributed by atoms with Crippen molar-refractivity contribution >= 4 is 38.2 Å². The Morgan fingerprint density at radius 3 is 2.53 bits per heavy atom. The van der Waals surface area contributed by atoms with Gasteiger partial charge in [-0.3, -0.25) is 0 Å². The molecule has 0 amide bonds. The number of carbonyl (C=O) groups is 1. The highest BCUT2D eigenvalue weighted by molar-refractivity contribution is 9.10. The number of benzene rings is 1. The topological polar surface area (TPSA) is 49.3 Å². The van der Waals surface area contributed by atoms with Gasteiger partial charge in [-0.1, -0.05) is 28.1 Å².